The van der Waals surface area contributed by atoms with Gasteiger partial charge in [-0.25, -0.2) is 19.9 Å². The zero-order chi connectivity index (χ0) is 38.7. The molecule has 4 aromatic heterocycles. The molecule has 0 bridgehead atoms. The lowest BCUT2D eigenvalue weighted by Crippen LogP contribution is -2.23. The van der Waals surface area contributed by atoms with E-state index in [2.05, 4.69) is 132 Å². The molecule has 10 aromatic rings. The molecule has 0 saturated heterocycles. The van der Waals surface area contributed by atoms with Gasteiger partial charge in [0.15, 0.2) is 11.6 Å². The van der Waals surface area contributed by atoms with Crippen molar-refractivity contribution < 1.29 is 0 Å². The highest BCUT2D eigenvalue weighted by atomic mass is 15.0. The first kappa shape index (κ1) is 34.1. The Balaban J connectivity index is 1.01. The number of fused-ring (bicyclic) bond motifs is 6. The zero-order valence-electron chi connectivity index (χ0n) is 32.4. The van der Waals surface area contributed by atoms with Crippen LogP contribution < -0.4 is 0 Å². The Hall–Kier alpha value is -7.18. The van der Waals surface area contributed by atoms with Gasteiger partial charge in [-0.1, -0.05) is 141 Å². The molecule has 0 fully saturated rings. The van der Waals surface area contributed by atoms with Crippen LogP contribution in [0.15, 0.2) is 176 Å². The van der Waals surface area contributed by atoms with Crippen LogP contribution in [0.4, 0.5) is 0 Å². The Morgan fingerprint density at radius 2 is 1.09 bits per heavy atom. The third-order valence-corrected chi connectivity index (χ3v) is 12.2. The van der Waals surface area contributed by atoms with Gasteiger partial charge in [0, 0.05) is 38.2 Å². The summed E-state index contributed by atoms with van der Waals surface area (Å²) in [6, 6.07) is 53.8. The van der Waals surface area contributed by atoms with Crippen LogP contribution in [0.1, 0.15) is 26.3 Å². The van der Waals surface area contributed by atoms with Crippen molar-refractivity contribution in [1.29, 1.82) is 0 Å². The van der Waals surface area contributed by atoms with Gasteiger partial charge in [-0.2, -0.15) is 0 Å². The number of hydrogen-bond donors (Lipinski definition) is 0. The summed E-state index contributed by atoms with van der Waals surface area (Å²) in [6.45, 7) is 4.79. The van der Waals surface area contributed by atoms with Gasteiger partial charge in [0.05, 0.1) is 46.4 Å². The molecule has 0 aliphatic heterocycles. The lowest BCUT2D eigenvalue weighted by Gasteiger charge is -2.32. The van der Waals surface area contributed by atoms with Crippen LogP contribution in [0.5, 0.6) is 0 Å². The van der Waals surface area contributed by atoms with E-state index in [0.29, 0.717) is 35.2 Å². The number of para-hydroxylation sites is 2. The van der Waals surface area contributed by atoms with E-state index in [0.717, 1.165) is 40.0 Å². The maximum absolute atomic E-state index is 4.95. The van der Waals surface area contributed by atoms with Crippen LogP contribution in [0.3, 0.4) is 0 Å². The number of hydrogen-bond acceptors (Lipinski definition) is 4. The second-order valence-corrected chi connectivity index (χ2v) is 15.7. The molecule has 0 spiro atoms. The van der Waals surface area contributed by atoms with E-state index in [9.17, 15) is 0 Å². The highest BCUT2D eigenvalue weighted by Gasteiger charge is 2.28. The van der Waals surface area contributed by atoms with E-state index in [-0.39, 0.29) is 0 Å². The summed E-state index contributed by atoms with van der Waals surface area (Å²) in [4.78, 5) is 19.7. The molecule has 1 aliphatic rings. The van der Waals surface area contributed by atoms with Crippen LogP contribution in [-0.2, 0) is 0 Å². The molecule has 1 aliphatic carbocycles. The number of nitrogens with zero attached hydrogens (tertiary/aromatic N) is 6. The molecule has 0 saturated carbocycles. The van der Waals surface area contributed by atoms with Gasteiger partial charge in [0.1, 0.15) is 5.69 Å². The first-order valence-electron chi connectivity index (χ1n) is 20.1. The van der Waals surface area contributed by atoms with Gasteiger partial charge in [-0.15, -0.1) is 0 Å². The highest BCUT2D eigenvalue weighted by Crippen LogP contribution is 2.42. The van der Waals surface area contributed by atoms with Crippen molar-refractivity contribution in [2.45, 2.75) is 26.3 Å². The van der Waals surface area contributed by atoms with Crippen molar-refractivity contribution in [3.05, 3.63) is 176 Å². The highest BCUT2D eigenvalue weighted by molar-refractivity contribution is 6.12. The molecule has 3 atom stereocenters. The van der Waals surface area contributed by atoms with Crippen LogP contribution >= 0.6 is 0 Å². The fraction of sp³-hybridized carbons (Fsp3) is 0.115. The molecule has 58 heavy (non-hydrogen) atoms. The van der Waals surface area contributed by atoms with E-state index >= 15 is 0 Å². The smallest absolute Gasteiger partial charge is 0.178 e. The van der Waals surface area contributed by atoms with Gasteiger partial charge < -0.3 is 9.13 Å². The summed E-state index contributed by atoms with van der Waals surface area (Å²) < 4.78 is 4.85. The third-order valence-electron chi connectivity index (χ3n) is 12.2. The quantitative estimate of drug-likeness (QED) is 0.159. The lowest BCUT2D eigenvalue weighted by atomic mass is 9.82. The summed E-state index contributed by atoms with van der Waals surface area (Å²) in [5.41, 5.74) is 11.5. The minimum Gasteiger partial charge on any atom is -0.333 e. The van der Waals surface area contributed by atoms with Gasteiger partial charge in [0.25, 0.3) is 0 Å². The molecular weight excluding hydrogens is 709 g/mol. The summed E-state index contributed by atoms with van der Waals surface area (Å²) >= 11 is 0. The van der Waals surface area contributed by atoms with Gasteiger partial charge in [-0.3, -0.25) is 0 Å². The largest absolute Gasteiger partial charge is 0.333 e. The van der Waals surface area contributed by atoms with Crippen molar-refractivity contribution in [2.75, 3.05) is 0 Å². The lowest BCUT2D eigenvalue weighted by molar-refractivity contribution is 0.297. The third kappa shape index (κ3) is 5.63. The predicted molar refractivity (Wildman–Crippen MR) is 238 cm³/mol. The van der Waals surface area contributed by atoms with Gasteiger partial charge in [0.2, 0.25) is 0 Å². The second kappa shape index (κ2) is 13.8. The Labute approximate surface area is 336 Å². The van der Waals surface area contributed by atoms with Gasteiger partial charge in [-0.05, 0) is 65.8 Å². The summed E-state index contributed by atoms with van der Waals surface area (Å²) in [5.74, 6) is 2.35. The topological polar surface area (TPSA) is 61.4 Å². The normalized spacial score (nSPS) is 16.8. The van der Waals surface area contributed by atoms with E-state index in [1.165, 1.54) is 43.7 Å². The molecule has 0 N–H and O–H groups in total. The Bertz CT molecular complexity index is 3120. The standard InChI is InChI=1S/C52H40N6/c1-33-14-13-23-46(34(33)2)58-48-22-12-9-19-40(48)42-26-24-38(29-50(42)58)37-25-27-49-43(28-37)41-20-10-11-21-47(41)57(49)39-31-53-52(54-32-39)45-30-44(35-15-5-3-6-16-35)55-51(56-45)36-17-7-4-8-18-36/h3-13,15-34,46H,14H2,1-2H3. The molecule has 4 heterocycles. The molecule has 3 unspecified atom stereocenters. The van der Waals surface area contributed by atoms with E-state index in [1.54, 1.807) is 0 Å². The predicted octanol–water partition coefficient (Wildman–Crippen LogP) is 12.9. The summed E-state index contributed by atoms with van der Waals surface area (Å²) in [5, 5.41) is 4.98. The van der Waals surface area contributed by atoms with Crippen LogP contribution in [0, 0.1) is 11.8 Å². The van der Waals surface area contributed by atoms with Crippen molar-refractivity contribution in [3.8, 4) is 51.0 Å². The number of rotatable bonds is 6. The maximum Gasteiger partial charge on any atom is 0.178 e. The molecule has 0 amide bonds. The minimum absolute atomic E-state index is 0.307. The zero-order valence-corrected chi connectivity index (χ0v) is 32.4. The summed E-state index contributed by atoms with van der Waals surface area (Å²) in [6.07, 6.45) is 9.75. The Morgan fingerprint density at radius 1 is 0.483 bits per heavy atom. The molecule has 6 aromatic carbocycles. The summed E-state index contributed by atoms with van der Waals surface area (Å²) in [7, 11) is 0. The van der Waals surface area contributed by atoms with Crippen molar-refractivity contribution in [3.63, 3.8) is 0 Å². The van der Waals surface area contributed by atoms with E-state index < -0.39 is 0 Å². The molecule has 0 radical (unpaired) electrons. The van der Waals surface area contributed by atoms with Crippen LogP contribution in [0.25, 0.3) is 94.6 Å². The van der Waals surface area contributed by atoms with E-state index in [4.69, 9.17) is 19.9 Å². The van der Waals surface area contributed by atoms with Crippen LogP contribution in [-0.4, -0.2) is 29.1 Å². The van der Waals surface area contributed by atoms with Gasteiger partial charge >= 0.3 is 0 Å². The first-order valence-corrected chi connectivity index (χ1v) is 20.1. The molecule has 11 rings (SSSR count). The van der Waals surface area contributed by atoms with Crippen molar-refractivity contribution in [2.24, 2.45) is 11.8 Å². The maximum atomic E-state index is 4.95. The Morgan fingerprint density at radius 3 is 1.86 bits per heavy atom. The van der Waals surface area contributed by atoms with Crippen LogP contribution in [0.2, 0.25) is 0 Å². The number of allylic oxidation sites excluding steroid dienone is 2. The number of benzene rings is 6. The minimum atomic E-state index is 0.307. The number of aromatic nitrogens is 6. The first-order chi connectivity index (χ1) is 28.6. The fourth-order valence-electron chi connectivity index (χ4n) is 9.02. The average Bonchev–Trinajstić information content (AvgIpc) is 3.80. The SMILES string of the molecule is CC1CC=CC(n2c3ccccc3c3ccc(-c4ccc5c(c4)c4ccccc4n5-c4cnc(-c5cc(-c6ccccc6)nc(-c6ccccc6)n5)nc4)cc32)C1C. The molecular formula is C52H40N6. The van der Waals surface area contributed by atoms with E-state index in [1.807, 2.05) is 67.0 Å². The molecule has 6 nitrogen and oxygen atoms in total. The second-order valence-electron chi connectivity index (χ2n) is 15.7. The fourth-order valence-corrected chi connectivity index (χ4v) is 9.02. The average molecular weight is 749 g/mol. The van der Waals surface area contributed by atoms with Crippen molar-refractivity contribution >= 4 is 43.6 Å². The Kier molecular flexibility index (Phi) is 8.10. The molecule has 6 heteroatoms. The monoisotopic (exact) mass is 748 g/mol. The molecule has 278 valence electrons. The van der Waals surface area contributed by atoms with Crippen molar-refractivity contribution in [1.82, 2.24) is 29.1 Å².